The van der Waals surface area contributed by atoms with Gasteiger partial charge in [-0.15, -0.1) is 24.0 Å². The van der Waals surface area contributed by atoms with Crippen LogP contribution in [0.3, 0.4) is 0 Å². The van der Waals surface area contributed by atoms with Crippen molar-refractivity contribution < 1.29 is 16.8 Å². The Bertz CT molecular complexity index is 886. The smallest absolute Gasteiger partial charge is 0.216 e. The molecule has 1 saturated heterocycles. The van der Waals surface area contributed by atoms with E-state index in [0.717, 1.165) is 5.56 Å². The van der Waals surface area contributed by atoms with Crippen LogP contribution in [0, 0.1) is 0 Å². The summed E-state index contributed by atoms with van der Waals surface area (Å²) < 4.78 is 50.2. The van der Waals surface area contributed by atoms with Crippen LogP contribution in [0.1, 0.15) is 31.4 Å². The zero-order valence-electron chi connectivity index (χ0n) is 16.3. The Morgan fingerprint density at radius 1 is 1.25 bits per heavy atom. The number of rotatable bonds is 7. The summed E-state index contributed by atoms with van der Waals surface area (Å²) in [7, 11) is -4.78. The van der Waals surface area contributed by atoms with E-state index < -0.39 is 19.9 Å². The van der Waals surface area contributed by atoms with Crippen LogP contribution in [0.5, 0.6) is 0 Å². The van der Waals surface area contributed by atoms with Crippen molar-refractivity contribution in [1.29, 1.82) is 0 Å². The van der Waals surface area contributed by atoms with Gasteiger partial charge in [-0.25, -0.2) is 21.6 Å². The molecule has 1 aliphatic rings. The number of nitrogens with zero attached hydrogens (tertiary/aromatic N) is 1. The number of sulfonamides is 1. The number of hydrogen-bond donors (Lipinski definition) is 3. The molecule has 0 bridgehead atoms. The topological polar surface area (TPSA) is 117 Å². The first kappa shape index (κ1) is 25.1. The molecule has 28 heavy (non-hydrogen) atoms. The maximum Gasteiger partial charge on any atom is 0.216 e. The lowest BCUT2D eigenvalue weighted by Crippen LogP contribution is -2.43. The molecule has 0 radical (unpaired) electrons. The molecule has 1 heterocycles. The third-order valence-electron chi connectivity index (χ3n) is 4.12. The van der Waals surface area contributed by atoms with Crippen LogP contribution in [0.4, 0.5) is 0 Å². The molecular weight excluding hydrogens is 515 g/mol. The summed E-state index contributed by atoms with van der Waals surface area (Å²) in [5.74, 6) is 0.680. The van der Waals surface area contributed by atoms with E-state index >= 15 is 0 Å². The summed E-state index contributed by atoms with van der Waals surface area (Å²) in [5.41, 5.74) is 1.55. The Labute approximate surface area is 185 Å². The van der Waals surface area contributed by atoms with Crippen molar-refractivity contribution in [2.75, 3.05) is 18.6 Å². The molecule has 0 aromatic heterocycles. The fourth-order valence-corrected chi connectivity index (χ4v) is 6.12. The van der Waals surface area contributed by atoms with E-state index in [1.165, 1.54) is 0 Å². The highest BCUT2D eigenvalue weighted by Crippen LogP contribution is 2.13. The average molecular weight is 544 g/mol. The molecular formula is C17H29IN4O4S2. The fourth-order valence-electron chi connectivity index (χ4n) is 2.95. The molecule has 1 aromatic rings. The highest BCUT2D eigenvalue weighted by Gasteiger charge is 2.28. The van der Waals surface area contributed by atoms with Crippen molar-refractivity contribution in [3.63, 3.8) is 0 Å². The average Bonchev–Trinajstić information content (AvgIpc) is 2.89. The number of benzene rings is 1. The van der Waals surface area contributed by atoms with E-state index in [4.69, 9.17) is 0 Å². The molecule has 1 aliphatic heterocycles. The molecule has 0 spiro atoms. The molecule has 0 amide bonds. The van der Waals surface area contributed by atoms with Gasteiger partial charge in [0, 0.05) is 25.7 Å². The monoisotopic (exact) mass is 544 g/mol. The summed E-state index contributed by atoms with van der Waals surface area (Å²) in [6.45, 7) is 3.94. The van der Waals surface area contributed by atoms with Gasteiger partial charge < -0.3 is 10.6 Å². The van der Waals surface area contributed by atoms with Crippen molar-refractivity contribution in [1.82, 2.24) is 15.4 Å². The number of guanidine groups is 1. The molecule has 1 atom stereocenters. The molecule has 3 N–H and O–H groups in total. The molecule has 8 nitrogen and oxygen atoms in total. The lowest BCUT2D eigenvalue weighted by Gasteiger charge is -2.17. The van der Waals surface area contributed by atoms with Gasteiger partial charge in [-0.2, -0.15) is 0 Å². The molecule has 1 aromatic carbocycles. The minimum atomic E-state index is -3.42. The number of halogens is 1. The largest absolute Gasteiger partial charge is 0.353 e. The Hall–Kier alpha value is -0.920. The first-order valence-electron chi connectivity index (χ1n) is 8.84. The van der Waals surface area contributed by atoms with Crippen LogP contribution in [0.15, 0.2) is 29.3 Å². The van der Waals surface area contributed by atoms with E-state index in [1.807, 2.05) is 12.1 Å². The van der Waals surface area contributed by atoms with Gasteiger partial charge in [0.05, 0.1) is 17.3 Å². The van der Waals surface area contributed by atoms with E-state index in [0.29, 0.717) is 24.5 Å². The molecule has 2 rings (SSSR count). The number of nitrogens with one attached hydrogen (secondary N) is 3. The Morgan fingerprint density at radius 3 is 2.43 bits per heavy atom. The molecule has 0 saturated carbocycles. The maximum absolute atomic E-state index is 12.2. The van der Waals surface area contributed by atoms with Crippen LogP contribution in [-0.2, 0) is 32.2 Å². The molecule has 160 valence electrons. The summed E-state index contributed by atoms with van der Waals surface area (Å²) >= 11 is 0. The number of aliphatic imine (C=N–C) groups is 1. The van der Waals surface area contributed by atoms with Gasteiger partial charge in [0.2, 0.25) is 10.0 Å². The highest BCUT2D eigenvalue weighted by molar-refractivity contribution is 14.0. The van der Waals surface area contributed by atoms with Gasteiger partial charge >= 0.3 is 0 Å². The van der Waals surface area contributed by atoms with E-state index in [2.05, 4.69) is 20.3 Å². The third kappa shape index (κ3) is 8.21. The SMILES string of the molecule is CN=C(NCc1ccccc1CS(=O)(=O)NC(C)C)NC1CCS(=O)(=O)C1.I. The standard InChI is InChI=1S/C17H28N4O4S2.HI/c1-13(2)21-27(24,25)11-15-7-5-4-6-14(15)10-19-17(18-3)20-16-8-9-26(22,23)12-16;/h4-7,13,16,21H,8-12H2,1-3H3,(H2,18,19,20);1H. The second-order valence-corrected chi connectivity index (χ2v) is 11.0. The zero-order valence-corrected chi connectivity index (χ0v) is 20.3. The van der Waals surface area contributed by atoms with Crippen LogP contribution in [0.2, 0.25) is 0 Å². The predicted octanol–water partition coefficient (Wildman–Crippen LogP) is 0.984. The van der Waals surface area contributed by atoms with Crippen molar-refractivity contribution >= 4 is 49.8 Å². The molecule has 1 unspecified atom stereocenters. The second-order valence-electron chi connectivity index (χ2n) is 6.97. The minimum absolute atomic E-state index is 0. The van der Waals surface area contributed by atoms with Crippen molar-refractivity contribution in [3.05, 3.63) is 35.4 Å². The third-order valence-corrected chi connectivity index (χ3v) is 7.41. The van der Waals surface area contributed by atoms with Gasteiger partial charge in [0.15, 0.2) is 15.8 Å². The second kappa shape index (κ2) is 10.7. The van der Waals surface area contributed by atoms with Crippen LogP contribution in [0.25, 0.3) is 0 Å². The predicted molar refractivity (Wildman–Crippen MR) is 123 cm³/mol. The lowest BCUT2D eigenvalue weighted by atomic mass is 10.1. The normalized spacial score (nSPS) is 19.3. The van der Waals surface area contributed by atoms with Gasteiger partial charge in [-0.1, -0.05) is 24.3 Å². The summed E-state index contributed by atoms with van der Waals surface area (Å²) in [5, 5.41) is 6.25. The number of hydrogen-bond acceptors (Lipinski definition) is 5. The number of sulfone groups is 1. The van der Waals surface area contributed by atoms with Gasteiger partial charge in [0.25, 0.3) is 0 Å². The van der Waals surface area contributed by atoms with E-state index in [9.17, 15) is 16.8 Å². The Balaban J connectivity index is 0.00000392. The van der Waals surface area contributed by atoms with Crippen LogP contribution >= 0.6 is 24.0 Å². The van der Waals surface area contributed by atoms with Crippen molar-refractivity contribution in [2.45, 2.75) is 44.6 Å². The summed E-state index contributed by atoms with van der Waals surface area (Å²) in [6, 6.07) is 6.98. The van der Waals surface area contributed by atoms with Crippen molar-refractivity contribution in [3.8, 4) is 0 Å². The van der Waals surface area contributed by atoms with E-state index in [-0.39, 0.29) is 53.3 Å². The first-order chi connectivity index (χ1) is 12.6. The highest BCUT2D eigenvalue weighted by atomic mass is 127. The maximum atomic E-state index is 12.2. The summed E-state index contributed by atoms with van der Waals surface area (Å²) in [4.78, 5) is 4.13. The minimum Gasteiger partial charge on any atom is -0.353 e. The zero-order chi connectivity index (χ0) is 20.1. The van der Waals surface area contributed by atoms with Crippen LogP contribution < -0.4 is 15.4 Å². The van der Waals surface area contributed by atoms with E-state index in [1.54, 1.807) is 33.0 Å². The Kier molecular flexibility index (Phi) is 9.64. The fraction of sp³-hybridized carbons (Fsp3) is 0.588. The molecule has 0 aliphatic carbocycles. The summed E-state index contributed by atoms with van der Waals surface area (Å²) in [6.07, 6.45) is 0.554. The van der Waals surface area contributed by atoms with Gasteiger partial charge in [-0.3, -0.25) is 4.99 Å². The Morgan fingerprint density at radius 2 is 1.89 bits per heavy atom. The first-order valence-corrected chi connectivity index (χ1v) is 12.3. The van der Waals surface area contributed by atoms with Crippen molar-refractivity contribution in [2.24, 2.45) is 4.99 Å². The quantitative estimate of drug-likeness (QED) is 0.268. The van der Waals surface area contributed by atoms with Crippen LogP contribution in [-0.4, -0.2) is 53.4 Å². The molecule has 1 fully saturated rings. The lowest BCUT2D eigenvalue weighted by molar-refractivity contribution is 0.568. The molecule has 11 heteroatoms. The van der Waals surface area contributed by atoms with Gasteiger partial charge in [-0.05, 0) is 31.4 Å². The van der Waals surface area contributed by atoms with Gasteiger partial charge in [0.1, 0.15) is 0 Å².